The van der Waals surface area contributed by atoms with Crippen LogP contribution in [-0.2, 0) is 4.79 Å². The lowest BCUT2D eigenvalue weighted by molar-refractivity contribution is -0.138. The normalized spacial score (nSPS) is 16.1. The molecule has 0 bridgehead atoms. The zero-order chi connectivity index (χ0) is 9.72. The molecular weight excluding hydrogens is 158 g/mol. The van der Waals surface area contributed by atoms with Crippen LogP contribution in [0, 0.1) is 0 Å². The minimum Gasteiger partial charge on any atom is -0.481 e. The lowest BCUT2D eigenvalue weighted by Crippen LogP contribution is -2.39. The Balaban J connectivity index is 3.91. The third kappa shape index (κ3) is 3.69. The predicted molar refractivity (Wildman–Crippen MR) is 46.0 cm³/mol. The van der Waals surface area contributed by atoms with Gasteiger partial charge in [-0.05, 0) is 20.9 Å². The molecule has 2 N–H and O–H groups in total. The molecule has 0 radical (unpaired) electrons. The molecule has 0 rings (SSSR count). The SMILES string of the molecule is CC(CO)N(C)C(C)CC(=O)O. The molecule has 0 aromatic heterocycles. The zero-order valence-electron chi connectivity index (χ0n) is 7.82. The lowest BCUT2D eigenvalue weighted by Gasteiger charge is -2.28. The second-order valence-electron chi connectivity index (χ2n) is 3.14. The van der Waals surface area contributed by atoms with Gasteiger partial charge in [0.25, 0.3) is 0 Å². The molecule has 72 valence electrons. The van der Waals surface area contributed by atoms with Gasteiger partial charge in [0, 0.05) is 12.1 Å². The number of hydrogen-bond donors (Lipinski definition) is 2. The average molecular weight is 175 g/mol. The highest BCUT2D eigenvalue weighted by atomic mass is 16.4. The fourth-order valence-corrected chi connectivity index (χ4v) is 0.960. The number of aliphatic carboxylic acids is 1. The predicted octanol–water partition coefficient (Wildman–Crippen LogP) is 0.162. The van der Waals surface area contributed by atoms with Crippen molar-refractivity contribution in [2.45, 2.75) is 32.4 Å². The molecule has 0 fully saturated rings. The summed E-state index contributed by atoms with van der Waals surface area (Å²) in [6.45, 7) is 3.75. The molecule has 4 nitrogen and oxygen atoms in total. The standard InChI is InChI=1S/C8H17NO3/c1-6(4-8(11)12)9(3)7(2)5-10/h6-7,10H,4-5H2,1-3H3,(H,11,12). The highest BCUT2D eigenvalue weighted by Crippen LogP contribution is 2.05. The van der Waals surface area contributed by atoms with Gasteiger partial charge in [-0.3, -0.25) is 9.69 Å². The van der Waals surface area contributed by atoms with Gasteiger partial charge in [-0.1, -0.05) is 0 Å². The van der Waals surface area contributed by atoms with Crippen LogP contribution in [-0.4, -0.2) is 46.8 Å². The van der Waals surface area contributed by atoms with Crippen molar-refractivity contribution in [1.29, 1.82) is 0 Å². The van der Waals surface area contributed by atoms with E-state index in [1.807, 2.05) is 25.8 Å². The highest BCUT2D eigenvalue weighted by molar-refractivity contribution is 5.67. The lowest BCUT2D eigenvalue weighted by atomic mass is 10.2. The maximum Gasteiger partial charge on any atom is 0.304 e. The van der Waals surface area contributed by atoms with E-state index in [-0.39, 0.29) is 25.1 Å². The number of aliphatic hydroxyl groups is 1. The third-order valence-corrected chi connectivity index (χ3v) is 2.12. The van der Waals surface area contributed by atoms with Crippen molar-refractivity contribution < 1.29 is 15.0 Å². The summed E-state index contributed by atoms with van der Waals surface area (Å²) in [6.07, 6.45) is 0.112. The van der Waals surface area contributed by atoms with Crippen molar-refractivity contribution in [1.82, 2.24) is 4.90 Å². The van der Waals surface area contributed by atoms with Crippen LogP contribution in [0.25, 0.3) is 0 Å². The van der Waals surface area contributed by atoms with Gasteiger partial charge in [-0.2, -0.15) is 0 Å². The monoisotopic (exact) mass is 175 g/mol. The molecule has 0 aliphatic carbocycles. The summed E-state index contributed by atoms with van der Waals surface area (Å²) in [6, 6.07) is -0.0241. The highest BCUT2D eigenvalue weighted by Gasteiger charge is 2.17. The second-order valence-corrected chi connectivity index (χ2v) is 3.14. The number of nitrogens with zero attached hydrogens (tertiary/aromatic N) is 1. The van der Waals surface area contributed by atoms with E-state index in [2.05, 4.69) is 0 Å². The van der Waals surface area contributed by atoms with Gasteiger partial charge in [0.1, 0.15) is 0 Å². The zero-order valence-corrected chi connectivity index (χ0v) is 7.82. The summed E-state index contributed by atoms with van der Waals surface area (Å²) in [5, 5.41) is 17.3. The van der Waals surface area contributed by atoms with Gasteiger partial charge >= 0.3 is 5.97 Å². The Hall–Kier alpha value is -0.610. The summed E-state index contributed by atoms with van der Waals surface area (Å²) in [7, 11) is 1.81. The van der Waals surface area contributed by atoms with Gasteiger partial charge in [-0.25, -0.2) is 0 Å². The maximum absolute atomic E-state index is 10.3. The molecule has 0 saturated heterocycles. The minimum absolute atomic E-state index is 0.0133. The van der Waals surface area contributed by atoms with Gasteiger partial charge < -0.3 is 10.2 Å². The number of hydrogen-bond acceptors (Lipinski definition) is 3. The minimum atomic E-state index is -0.806. The average Bonchev–Trinajstić information content (AvgIpc) is 2.00. The van der Waals surface area contributed by atoms with Crippen molar-refractivity contribution in [2.24, 2.45) is 0 Å². The smallest absolute Gasteiger partial charge is 0.304 e. The van der Waals surface area contributed by atoms with E-state index in [0.29, 0.717) is 0 Å². The fraction of sp³-hybridized carbons (Fsp3) is 0.875. The first-order chi connectivity index (χ1) is 5.49. The van der Waals surface area contributed by atoms with Crippen LogP contribution in [0.3, 0.4) is 0 Å². The summed E-state index contributed by atoms with van der Waals surface area (Å²) < 4.78 is 0. The van der Waals surface area contributed by atoms with Crippen molar-refractivity contribution in [3.05, 3.63) is 0 Å². The van der Waals surface area contributed by atoms with Crippen LogP contribution >= 0.6 is 0 Å². The van der Waals surface area contributed by atoms with E-state index in [1.165, 1.54) is 0 Å². The number of rotatable bonds is 5. The number of aliphatic hydroxyl groups excluding tert-OH is 1. The second kappa shape index (κ2) is 5.11. The molecule has 0 heterocycles. The number of likely N-dealkylation sites (N-methyl/N-ethyl adjacent to an activating group) is 1. The van der Waals surface area contributed by atoms with E-state index in [0.717, 1.165) is 0 Å². The first-order valence-electron chi connectivity index (χ1n) is 4.03. The summed E-state index contributed by atoms with van der Waals surface area (Å²) in [5.41, 5.74) is 0. The van der Waals surface area contributed by atoms with Crippen LogP contribution in [0.5, 0.6) is 0 Å². The van der Waals surface area contributed by atoms with E-state index in [1.54, 1.807) is 0 Å². The molecule has 2 unspecified atom stereocenters. The third-order valence-electron chi connectivity index (χ3n) is 2.12. The Morgan fingerprint density at radius 3 is 2.25 bits per heavy atom. The van der Waals surface area contributed by atoms with E-state index >= 15 is 0 Å². The summed E-state index contributed by atoms with van der Waals surface area (Å²) in [4.78, 5) is 12.2. The topological polar surface area (TPSA) is 60.8 Å². The first kappa shape index (κ1) is 11.4. The maximum atomic E-state index is 10.3. The number of carbonyl (C=O) groups is 1. The van der Waals surface area contributed by atoms with Crippen LogP contribution in [0.2, 0.25) is 0 Å². The van der Waals surface area contributed by atoms with Crippen molar-refractivity contribution in [3.63, 3.8) is 0 Å². The Morgan fingerprint density at radius 2 is 1.92 bits per heavy atom. The van der Waals surface area contributed by atoms with Crippen molar-refractivity contribution in [2.75, 3.05) is 13.7 Å². The number of carboxylic acids is 1. The molecule has 0 aromatic rings. The molecule has 4 heteroatoms. The molecule has 0 aromatic carbocycles. The summed E-state index contributed by atoms with van der Waals surface area (Å²) >= 11 is 0. The Labute approximate surface area is 72.8 Å². The molecule has 0 aliphatic heterocycles. The molecule has 0 amide bonds. The molecule has 0 saturated carbocycles. The Kier molecular flexibility index (Phi) is 4.85. The quantitative estimate of drug-likeness (QED) is 0.625. The van der Waals surface area contributed by atoms with E-state index in [9.17, 15) is 4.79 Å². The van der Waals surface area contributed by atoms with Crippen LogP contribution < -0.4 is 0 Å². The van der Waals surface area contributed by atoms with Crippen LogP contribution in [0.1, 0.15) is 20.3 Å². The van der Waals surface area contributed by atoms with E-state index in [4.69, 9.17) is 10.2 Å². The molecular formula is C8H17NO3. The van der Waals surface area contributed by atoms with Crippen LogP contribution in [0.15, 0.2) is 0 Å². The molecule has 0 spiro atoms. The van der Waals surface area contributed by atoms with Gasteiger partial charge in [0.15, 0.2) is 0 Å². The molecule has 12 heavy (non-hydrogen) atoms. The van der Waals surface area contributed by atoms with Crippen molar-refractivity contribution >= 4 is 5.97 Å². The van der Waals surface area contributed by atoms with Gasteiger partial charge in [0.2, 0.25) is 0 Å². The first-order valence-corrected chi connectivity index (χ1v) is 4.03. The summed E-state index contributed by atoms with van der Waals surface area (Å²) in [5.74, 6) is -0.806. The Morgan fingerprint density at radius 1 is 1.42 bits per heavy atom. The van der Waals surface area contributed by atoms with Crippen molar-refractivity contribution in [3.8, 4) is 0 Å². The largest absolute Gasteiger partial charge is 0.481 e. The van der Waals surface area contributed by atoms with Crippen LogP contribution in [0.4, 0.5) is 0 Å². The molecule has 0 aliphatic rings. The van der Waals surface area contributed by atoms with E-state index < -0.39 is 5.97 Å². The fourth-order valence-electron chi connectivity index (χ4n) is 0.960. The van der Waals surface area contributed by atoms with Gasteiger partial charge in [-0.15, -0.1) is 0 Å². The Bertz CT molecular complexity index is 149. The number of carboxylic acid groups (broad SMARTS) is 1. The molecule has 2 atom stereocenters. The van der Waals surface area contributed by atoms with Gasteiger partial charge in [0.05, 0.1) is 13.0 Å².